The summed E-state index contributed by atoms with van der Waals surface area (Å²) in [5, 5.41) is 1.10. The second kappa shape index (κ2) is 6.19. The summed E-state index contributed by atoms with van der Waals surface area (Å²) in [5.74, 6) is 1.17. The third kappa shape index (κ3) is 3.22. The van der Waals surface area contributed by atoms with Crippen LogP contribution in [0.2, 0.25) is 0 Å². The predicted molar refractivity (Wildman–Crippen MR) is 80.1 cm³/mol. The molecule has 0 bridgehead atoms. The maximum atomic E-state index is 4.59. The molecule has 1 aromatic heterocycles. The van der Waals surface area contributed by atoms with E-state index in [9.17, 15) is 0 Å². The first kappa shape index (κ1) is 13.3. The average molecular weight is 362 g/mol. The third-order valence-electron chi connectivity index (χ3n) is 3.34. The van der Waals surface area contributed by atoms with E-state index in [4.69, 9.17) is 0 Å². The van der Waals surface area contributed by atoms with Crippen LogP contribution in [-0.2, 0) is 0 Å². The first-order valence-electron chi connectivity index (χ1n) is 6.17. The van der Waals surface area contributed by atoms with Gasteiger partial charge in [-0.1, -0.05) is 15.9 Å². The van der Waals surface area contributed by atoms with Crippen molar-refractivity contribution < 1.29 is 0 Å². The van der Waals surface area contributed by atoms with Gasteiger partial charge < -0.3 is 4.90 Å². The maximum Gasteiger partial charge on any atom is 0.131 e. The number of hydrogen-bond donors (Lipinski definition) is 0. The van der Waals surface area contributed by atoms with Crippen LogP contribution in [0, 0.1) is 6.92 Å². The molecule has 0 aliphatic carbocycles. The molecular weight excluding hydrogens is 344 g/mol. The van der Waals surface area contributed by atoms with E-state index in [1.54, 1.807) is 0 Å². The van der Waals surface area contributed by atoms with Gasteiger partial charge in [-0.05, 0) is 60.2 Å². The molecule has 0 amide bonds. The van der Waals surface area contributed by atoms with Crippen LogP contribution in [-0.4, -0.2) is 22.9 Å². The minimum atomic E-state index is 0.680. The van der Waals surface area contributed by atoms with E-state index >= 15 is 0 Å². The normalized spacial score (nSPS) is 19.9. The van der Waals surface area contributed by atoms with Crippen LogP contribution in [0.25, 0.3) is 0 Å². The molecule has 1 unspecified atom stereocenters. The summed E-state index contributed by atoms with van der Waals surface area (Å²) < 4.78 is 1.06. The Balaban J connectivity index is 2.14. The molecule has 94 valence electrons. The summed E-state index contributed by atoms with van der Waals surface area (Å²) in [6, 6.07) is 2.84. The molecule has 1 aliphatic heterocycles. The lowest BCUT2D eigenvalue weighted by atomic mass is 10.1. The second-order valence-electron chi connectivity index (χ2n) is 4.61. The summed E-state index contributed by atoms with van der Waals surface area (Å²) in [6.45, 7) is 3.30. The Kier molecular flexibility index (Phi) is 4.86. The Hall–Kier alpha value is -0.0900. The fourth-order valence-corrected chi connectivity index (χ4v) is 3.33. The highest BCUT2D eigenvalue weighted by Crippen LogP contribution is 2.30. The highest BCUT2D eigenvalue weighted by atomic mass is 79.9. The van der Waals surface area contributed by atoms with Gasteiger partial charge in [0.15, 0.2) is 0 Å². The molecule has 1 atom stereocenters. The zero-order chi connectivity index (χ0) is 12.3. The number of pyridine rings is 1. The molecule has 1 aliphatic rings. The standard InChI is InChI=1S/C13H18Br2N2/c1-10-8-11(15)9-16-13(10)17-7-3-5-12(17)4-2-6-14/h8-9,12H,2-7H2,1H3. The van der Waals surface area contributed by atoms with E-state index in [0.29, 0.717) is 6.04 Å². The van der Waals surface area contributed by atoms with E-state index in [1.807, 2.05) is 6.20 Å². The quantitative estimate of drug-likeness (QED) is 0.743. The van der Waals surface area contributed by atoms with Crippen molar-refractivity contribution in [3.63, 3.8) is 0 Å². The van der Waals surface area contributed by atoms with E-state index in [1.165, 1.54) is 37.1 Å². The van der Waals surface area contributed by atoms with Crippen LogP contribution in [0.15, 0.2) is 16.7 Å². The summed E-state index contributed by atoms with van der Waals surface area (Å²) in [7, 11) is 0. The smallest absolute Gasteiger partial charge is 0.131 e. The van der Waals surface area contributed by atoms with Crippen molar-refractivity contribution in [2.45, 2.75) is 38.6 Å². The van der Waals surface area contributed by atoms with E-state index < -0.39 is 0 Å². The molecule has 2 rings (SSSR count). The van der Waals surface area contributed by atoms with Gasteiger partial charge in [-0.3, -0.25) is 0 Å². The molecule has 0 saturated carbocycles. The molecular formula is C13H18Br2N2. The molecule has 0 radical (unpaired) electrons. The van der Waals surface area contributed by atoms with Crippen molar-refractivity contribution in [1.82, 2.24) is 4.98 Å². The number of aryl methyl sites for hydroxylation is 1. The summed E-state index contributed by atoms with van der Waals surface area (Å²) in [5.41, 5.74) is 1.27. The summed E-state index contributed by atoms with van der Waals surface area (Å²) in [4.78, 5) is 7.08. The van der Waals surface area contributed by atoms with Gasteiger partial charge in [-0.25, -0.2) is 4.98 Å². The van der Waals surface area contributed by atoms with Gasteiger partial charge in [-0.15, -0.1) is 0 Å². The highest BCUT2D eigenvalue weighted by Gasteiger charge is 2.25. The second-order valence-corrected chi connectivity index (χ2v) is 6.32. The van der Waals surface area contributed by atoms with Gasteiger partial charge in [0, 0.05) is 28.6 Å². The van der Waals surface area contributed by atoms with Gasteiger partial charge in [0.2, 0.25) is 0 Å². The van der Waals surface area contributed by atoms with Gasteiger partial charge in [-0.2, -0.15) is 0 Å². The molecule has 0 spiro atoms. The monoisotopic (exact) mass is 360 g/mol. The molecule has 0 aromatic carbocycles. The van der Waals surface area contributed by atoms with Crippen LogP contribution in [0.5, 0.6) is 0 Å². The third-order valence-corrected chi connectivity index (χ3v) is 4.33. The Morgan fingerprint density at radius 2 is 2.35 bits per heavy atom. The fraction of sp³-hybridized carbons (Fsp3) is 0.615. The van der Waals surface area contributed by atoms with Crippen LogP contribution < -0.4 is 4.90 Å². The Morgan fingerprint density at radius 3 is 3.06 bits per heavy atom. The van der Waals surface area contributed by atoms with E-state index in [0.717, 1.165) is 16.3 Å². The first-order chi connectivity index (χ1) is 8.22. The van der Waals surface area contributed by atoms with Crippen LogP contribution >= 0.6 is 31.9 Å². The number of aromatic nitrogens is 1. The Morgan fingerprint density at radius 1 is 1.53 bits per heavy atom. The van der Waals surface area contributed by atoms with Crippen LogP contribution in [0.4, 0.5) is 5.82 Å². The van der Waals surface area contributed by atoms with E-state index in [2.05, 4.69) is 54.7 Å². The molecule has 1 saturated heterocycles. The van der Waals surface area contributed by atoms with E-state index in [-0.39, 0.29) is 0 Å². The van der Waals surface area contributed by atoms with Gasteiger partial charge in [0.05, 0.1) is 0 Å². The maximum absolute atomic E-state index is 4.59. The number of nitrogens with zero attached hydrogens (tertiary/aromatic N) is 2. The molecule has 4 heteroatoms. The predicted octanol–water partition coefficient (Wildman–Crippen LogP) is 4.30. The van der Waals surface area contributed by atoms with Gasteiger partial charge in [0.25, 0.3) is 0 Å². The zero-order valence-corrected chi connectivity index (χ0v) is 13.3. The molecule has 0 N–H and O–H groups in total. The van der Waals surface area contributed by atoms with Crippen molar-refractivity contribution in [2.24, 2.45) is 0 Å². The highest BCUT2D eigenvalue weighted by molar-refractivity contribution is 9.10. The SMILES string of the molecule is Cc1cc(Br)cnc1N1CCCC1CCCBr. The van der Waals surface area contributed by atoms with Crippen LogP contribution in [0.3, 0.4) is 0 Å². The summed E-state index contributed by atoms with van der Waals surface area (Å²) >= 11 is 6.99. The molecule has 1 fully saturated rings. The average Bonchev–Trinajstić information content (AvgIpc) is 2.74. The number of anilines is 1. The molecule has 17 heavy (non-hydrogen) atoms. The van der Waals surface area contributed by atoms with Crippen molar-refractivity contribution in [3.05, 3.63) is 22.3 Å². The lowest BCUT2D eigenvalue weighted by molar-refractivity contribution is 0.599. The Labute approximate surface area is 120 Å². The van der Waals surface area contributed by atoms with Gasteiger partial charge in [0.1, 0.15) is 5.82 Å². The van der Waals surface area contributed by atoms with Crippen molar-refractivity contribution in [3.8, 4) is 0 Å². The zero-order valence-electron chi connectivity index (χ0n) is 10.1. The minimum Gasteiger partial charge on any atom is -0.353 e. The molecule has 2 nitrogen and oxygen atoms in total. The lowest BCUT2D eigenvalue weighted by Crippen LogP contribution is -2.30. The molecule has 1 aromatic rings. The Bertz CT molecular complexity index is 382. The number of hydrogen-bond acceptors (Lipinski definition) is 2. The largest absolute Gasteiger partial charge is 0.353 e. The topological polar surface area (TPSA) is 16.1 Å². The van der Waals surface area contributed by atoms with Crippen molar-refractivity contribution >= 4 is 37.7 Å². The van der Waals surface area contributed by atoms with Crippen molar-refractivity contribution in [1.29, 1.82) is 0 Å². The number of halogens is 2. The fourth-order valence-electron chi connectivity index (χ4n) is 2.56. The first-order valence-corrected chi connectivity index (χ1v) is 8.08. The van der Waals surface area contributed by atoms with Crippen molar-refractivity contribution in [2.75, 3.05) is 16.8 Å². The molecule has 2 heterocycles. The van der Waals surface area contributed by atoms with Gasteiger partial charge >= 0.3 is 0 Å². The van der Waals surface area contributed by atoms with Crippen LogP contribution in [0.1, 0.15) is 31.2 Å². The lowest BCUT2D eigenvalue weighted by Gasteiger charge is -2.27. The number of rotatable bonds is 4. The summed E-state index contributed by atoms with van der Waals surface area (Å²) in [6.07, 6.45) is 7.02. The number of alkyl halides is 1. The minimum absolute atomic E-state index is 0.680.